The molecule has 1 heterocycles. The topological polar surface area (TPSA) is 55.2 Å². The molecule has 0 unspecified atom stereocenters. The number of nitrogens with one attached hydrogen (secondary N) is 1. The van der Waals surface area contributed by atoms with Crippen molar-refractivity contribution in [2.75, 3.05) is 6.54 Å². The van der Waals surface area contributed by atoms with Crippen LogP contribution in [0.3, 0.4) is 0 Å². The Hall–Kier alpha value is -1.53. The van der Waals surface area contributed by atoms with Crippen molar-refractivity contribution >= 4 is 0 Å². The molecule has 1 aliphatic rings. The lowest BCUT2D eigenvalue weighted by Gasteiger charge is -2.12. The Bertz CT molecular complexity index is 293. The lowest BCUT2D eigenvalue weighted by atomic mass is 10.2. The maximum absolute atomic E-state index is 12.0. The molecule has 1 N–H and O–H groups in total. The number of nitrogens with zero attached hydrogens (tertiary/aromatic N) is 1. The van der Waals surface area contributed by atoms with Gasteiger partial charge in [-0.05, 0) is 0 Å². The summed E-state index contributed by atoms with van der Waals surface area (Å²) in [5.74, 6) is 0. The summed E-state index contributed by atoms with van der Waals surface area (Å²) < 4.78 is 36.0. The summed E-state index contributed by atoms with van der Waals surface area (Å²) >= 11 is 0. The fourth-order valence-electron chi connectivity index (χ4n) is 0.819. The fraction of sp³-hybridized carbons (Fsp3) is 0.333. The minimum atomic E-state index is -4.55. The first-order chi connectivity index (χ1) is 5.91. The van der Waals surface area contributed by atoms with Crippen LogP contribution in [-0.4, -0.2) is 17.6 Å². The summed E-state index contributed by atoms with van der Waals surface area (Å²) in [6.07, 6.45) is -3.31. The van der Waals surface area contributed by atoms with Crippen molar-refractivity contribution in [3.05, 3.63) is 33.7 Å². The fourth-order valence-corrected chi connectivity index (χ4v) is 0.819. The second kappa shape index (κ2) is 3.08. The van der Waals surface area contributed by atoms with E-state index < -0.39 is 22.4 Å². The molecule has 7 heteroatoms. The largest absolute Gasteiger partial charge is 0.418 e. The molecule has 0 atom stereocenters. The van der Waals surface area contributed by atoms with E-state index in [-0.39, 0.29) is 6.54 Å². The molecule has 0 saturated carbocycles. The number of nitro groups is 1. The molecule has 0 fully saturated rings. The monoisotopic (exact) mass is 194 g/mol. The molecule has 0 aromatic rings. The minimum absolute atomic E-state index is 0.188. The lowest BCUT2D eigenvalue weighted by Crippen LogP contribution is -2.24. The van der Waals surface area contributed by atoms with E-state index in [1.165, 1.54) is 0 Å². The Morgan fingerprint density at radius 3 is 2.62 bits per heavy atom. The summed E-state index contributed by atoms with van der Waals surface area (Å²) in [4.78, 5) is 9.29. The molecule has 72 valence electrons. The van der Waals surface area contributed by atoms with Crippen LogP contribution in [-0.2, 0) is 0 Å². The van der Waals surface area contributed by atoms with E-state index in [4.69, 9.17) is 0 Å². The van der Waals surface area contributed by atoms with E-state index in [9.17, 15) is 23.3 Å². The molecule has 0 aromatic carbocycles. The van der Waals surface area contributed by atoms with E-state index in [0.29, 0.717) is 12.3 Å². The van der Waals surface area contributed by atoms with Crippen LogP contribution >= 0.6 is 0 Å². The first-order valence-electron chi connectivity index (χ1n) is 3.27. The summed E-state index contributed by atoms with van der Waals surface area (Å²) in [7, 11) is 0. The molecule has 0 radical (unpaired) electrons. The van der Waals surface area contributed by atoms with Crippen LogP contribution in [0.1, 0.15) is 0 Å². The minimum Gasteiger partial charge on any atom is -0.381 e. The average molecular weight is 194 g/mol. The van der Waals surface area contributed by atoms with Crippen LogP contribution in [0.2, 0.25) is 0 Å². The molecular formula is C6H5F3N2O2. The van der Waals surface area contributed by atoms with Crippen molar-refractivity contribution in [3.8, 4) is 0 Å². The van der Waals surface area contributed by atoms with Crippen LogP contribution in [0, 0.1) is 10.1 Å². The van der Waals surface area contributed by atoms with Gasteiger partial charge < -0.3 is 5.32 Å². The summed E-state index contributed by atoms with van der Waals surface area (Å²) in [5.41, 5.74) is -1.53. The number of rotatable bonds is 1. The van der Waals surface area contributed by atoms with Crippen LogP contribution in [0.5, 0.6) is 0 Å². The highest BCUT2D eigenvalue weighted by molar-refractivity contribution is 5.28. The predicted octanol–water partition coefficient (Wildman–Crippen LogP) is 1.20. The zero-order valence-corrected chi connectivity index (χ0v) is 6.26. The zero-order valence-electron chi connectivity index (χ0n) is 6.26. The summed E-state index contributed by atoms with van der Waals surface area (Å²) in [5, 5.41) is 12.3. The molecule has 1 aliphatic heterocycles. The molecule has 0 saturated heterocycles. The van der Waals surface area contributed by atoms with Crippen molar-refractivity contribution in [1.82, 2.24) is 5.32 Å². The van der Waals surface area contributed by atoms with Gasteiger partial charge in [0.15, 0.2) is 0 Å². The quantitative estimate of drug-likeness (QED) is 0.504. The Labute approximate surface area is 70.9 Å². The maximum atomic E-state index is 12.0. The van der Waals surface area contributed by atoms with E-state index in [0.717, 1.165) is 0 Å². The SMILES string of the molecule is O=[N+]([O-])C1=CC(C(F)(F)F)=CNC1. The maximum Gasteiger partial charge on any atom is 0.418 e. The van der Waals surface area contributed by atoms with Gasteiger partial charge in [0.2, 0.25) is 0 Å². The van der Waals surface area contributed by atoms with Gasteiger partial charge in [-0.3, -0.25) is 10.1 Å². The first kappa shape index (κ1) is 9.56. The number of dihydropyridines is 1. The third-order valence-corrected chi connectivity index (χ3v) is 1.42. The second-order valence-electron chi connectivity index (χ2n) is 2.37. The molecule has 0 aliphatic carbocycles. The van der Waals surface area contributed by atoms with E-state index >= 15 is 0 Å². The normalized spacial score (nSPS) is 17.2. The van der Waals surface area contributed by atoms with Gasteiger partial charge in [-0.2, -0.15) is 13.2 Å². The van der Waals surface area contributed by atoms with Crippen molar-refractivity contribution < 1.29 is 18.1 Å². The molecular weight excluding hydrogens is 189 g/mol. The van der Waals surface area contributed by atoms with Gasteiger partial charge >= 0.3 is 6.18 Å². The second-order valence-corrected chi connectivity index (χ2v) is 2.37. The van der Waals surface area contributed by atoms with Crippen molar-refractivity contribution in [2.24, 2.45) is 0 Å². The molecule has 0 spiro atoms. The smallest absolute Gasteiger partial charge is 0.381 e. The molecule has 0 bridgehead atoms. The Kier molecular flexibility index (Phi) is 2.26. The first-order valence-corrected chi connectivity index (χ1v) is 3.27. The van der Waals surface area contributed by atoms with Crippen LogP contribution in [0.25, 0.3) is 0 Å². The van der Waals surface area contributed by atoms with Crippen molar-refractivity contribution in [2.45, 2.75) is 6.18 Å². The Morgan fingerprint density at radius 1 is 1.54 bits per heavy atom. The molecule has 13 heavy (non-hydrogen) atoms. The van der Waals surface area contributed by atoms with Gasteiger partial charge in [0.05, 0.1) is 10.5 Å². The molecule has 0 aromatic heterocycles. The van der Waals surface area contributed by atoms with E-state index in [1.54, 1.807) is 0 Å². The molecule has 0 amide bonds. The Balaban J connectivity index is 2.91. The van der Waals surface area contributed by atoms with Gasteiger partial charge in [-0.25, -0.2) is 0 Å². The van der Waals surface area contributed by atoms with Crippen LogP contribution < -0.4 is 5.32 Å². The zero-order chi connectivity index (χ0) is 10.1. The predicted molar refractivity (Wildman–Crippen MR) is 37.2 cm³/mol. The molecule has 4 nitrogen and oxygen atoms in total. The average Bonchev–Trinajstić information content (AvgIpc) is 2.03. The lowest BCUT2D eigenvalue weighted by molar-refractivity contribution is -0.426. The van der Waals surface area contributed by atoms with Crippen LogP contribution in [0.15, 0.2) is 23.5 Å². The number of halogens is 3. The number of hydrogen-bond acceptors (Lipinski definition) is 3. The summed E-state index contributed by atoms with van der Waals surface area (Å²) in [6, 6.07) is 0. The number of allylic oxidation sites excluding steroid dienone is 2. The van der Waals surface area contributed by atoms with Crippen molar-refractivity contribution in [3.63, 3.8) is 0 Å². The third-order valence-electron chi connectivity index (χ3n) is 1.42. The summed E-state index contributed by atoms with van der Waals surface area (Å²) in [6.45, 7) is -0.188. The van der Waals surface area contributed by atoms with Gasteiger partial charge in [-0.15, -0.1) is 0 Å². The van der Waals surface area contributed by atoms with Gasteiger partial charge in [0.25, 0.3) is 5.70 Å². The highest BCUT2D eigenvalue weighted by Crippen LogP contribution is 2.28. The Morgan fingerprint density at radius 2 is 2.15 bits per heavy atom. The highest BCUT2D eigenvalue weighted by atomic mass is 19.4. The van der Waals surface area contributed by atoms with E-state index in [2.05, 4.69) is 5.32 Å². The molecule has 1 rings (SSSR count). The highest BCUT2D eigenvalue weighted by Gasteiger charge is 2.35. The van der Waals surface area contributed by atoms with Gasteiger partial charge in [0, 0.05) is 12.3 Å². The van der Waals surface area contributed by atoms with E-state index in [1.807, 2.05) is 0 Å². The standard InChI is InChI=1S/C6H5F3N2O2/c7-6(8,9)4-1-5(11(12)13)3-10-2-4/h1-2,10H,3H2. The number of alkyl halides is 3. The number of hydrogen-bond donors (Lipinski definition) is 1. The van der Waals surface area contributed by atoms with Gasteiger partial charge in [0.1, 0.15) is 6.54 Å². The third kappa shape index (κ3) is 2.20. The van der Waals surface area contributed by atoms with Gasteiger partial charge in [-0.1, -0.05) is 0 Å². The van der Waals surface area contributed by atoms with Crippen molar-refractivity contribution in [1.29, 1.82) is 0 Å². The van der Waals surface area contributed by atoms with Crippen LogP contribution in [0.4, 0.5) is 13.2 Å².